The highest BCUT2D eigenvalue weighted by Gasteiger charge is 2.39. The van der Waals surface area contributed by atoms with Gasteiger partial charge in [0.25, 0.3) is 0 Å². The predicted octanol–water partition coefficient (Wildman–Crippen LogP) is 3.38. The van der Waals surface area contributed by atoms with Crippen LogP contribution in [0.3, 0.4) is 0 Å². The van der Waals surface area contributed by atoms with Crippen molar-refractivity contribution >= 4 is 19.9 Å². The zero-order valence-corrected chi connectivity index (χ0v) is 15.4. The maximum Gasteiger partial charge on any atom is 0.192 e. The fourth-order valence-corrected chi connectivity index (χ4v) is 3.05. The fraction of sp³-hybridized carbons (Fsp3) is 0.667. The number of hydrogen-bond donors (Lipinski definition) is 2. The number of rotatable bonds is 7. The van der Waals surface area contributed by atoms with Crippen LogP contribution in [-0.4, -0.2) is 38.1 Å². The lowest BCUT2D eigenvalue weighted by atomic mass is 10.1. The molecule has 0 aliphatic carbocycles. The van der Waals surface area contributed by atoms with Crippen molar-refractivity contribution in [3.8, 4) is 0 Å². The summed E-state index contributed by atoms with van der Waals surface area (Å²) in [5.74, 6) is 0. The molecular weight excluding hydrogens is 304 g/mol. The molecule has 0 aromatic carbocycles. The first-order valence-corrected chi connectivity index (χ1v) is 10.6. The third-order valence-corrected chi connectivity index (χ3v) is 8.69. The Morgan fingerprint density at radius 3 is 2.52 bits per heavy atom. The summed E-state index contributed by atoms with van der Waals surface area (Å²) in [6.07, 6.45) is 1.68. The van der Waals surface area contributed by atoms with Gasteiger partial charge in [0.15, 0.2) is 8.32 Å². The van der Waals surface area contributed by atoms with Crippen molar-refractivity contribution in [2.75, 3.05) is 19.7 Å². The SMILES string of the molecule is CC(C)(C)[Si](C)(C)OC(CNCCO)c1ccc(Cl)nc1. The summed E-state index contributed by atoms with van der Waals surface area (Å²) in [5, 5.41) is 12.8. The molecule has 0 spiro atoms. The molecule has 6 heteroatoms. The van der Waals surface area contributed by atoms with E-state index in [-0.39, 0.29) is 17.7 Å². The van der Waals surface area contributed by atoms with Gasteiger partial charge in [-0.05, 0) is 29.8 Å². The summed E-state index contributed by atoms with van der Waals surface area (Å²) in [7, 11) is -1.89. The van der Waals surface area contributed by atoms with Gasteiger partial charge in [-0.15, -0.1) is 0 Å². The van der Waals surface area contributed by atoms with E-state index in [9.17, 15) is 0 Å². The number of nitrogens with one attached hydrogen (secondary N) is 1. The summed E-state index contributed by atoms with van der Waals surface area (Å²) in [6.45, 7) is 12.4. The molecule has 21 heavy (non-hydrogen) atoms. The summed E-state index contributed by atoms with van der Waals surface area (Å²) in [4.78, 5) is 4.14. The Balaban J connectivity index is 2.89. The maximum absolute atomic E-state index is 8.92. The maximum atomic E-state index is 8.92. The molecule has 0 saturated carbocycles. The largest absolute Gasteiger partial charge is 0.409 e. The second kappa shape index (κ2) is 7.69. The van der Waals surface area contributed by atoms with Gasteiger partial charge in [-0.25, -0.2) is 4.98 Å². The molecule has 1 aromatic heterocycles. The molecule has 0 saturated heterocycles. The first kappa shape index (κ1) is 18.6. The van der Waals surface area contributed by atoms with Gasteiger partial charge in [0.1, 0.15) is 5.15 Å². The minimum Gasteiger partial charge on any atom is -0.409 e. The Morgan fingerprint density at radius 1 is 1.38 bits per heavy atom. The van der Waals surface area contributed by atoms with E-state index in [1.807, 2.05) is 6.07 Å². The lowest BCUT2D eigenvalue weighted by molar-refractivity contribution is 0.176. The van der Waals surface area contributed by atoms with Gasteiger partial charge in [-0.2, -0.15) is 0 Å². The zero-order valence-electron chi connectivity index (χ0n) is 13.6. The van der Waals surface area contributed by atoms with Crippen LogP contribution in [-0.2, 0) is 4.43 Å². The van der Waals surface area contributed by atoms with Crippen LogP contribution in [0.1, 0.15) is 32.4 Å². The highest BCUT2D eigenvalue weighted by Crippen LogP contribution is 2.39. The molecule has 1 unspecified atom stereocenters. The molecule has 1 heterocycles. The zero-order chi connectivity index (χ0) is 16.1. The molecule has 0 fully saturated rings. The van der Waals surface area contributed by atoms with E-state index >= 15 is 0 Å². The van der Waals surface area contributed by atoms with Crippen LogP contribution in [0.15, 0.2) is 18.3 Å². The summed E-state index contributed by atoms with van der Waals surface area (Å²) in [6, 6.07) is 3.73. The van der Waals surface area contributed by atoms with E-state index in [1.165, 1.54) is 0 Å². The Bertz CT molecular complexity index is 432. The van der Waals surface area contributed by atoms with Gasteiger partial charge < -0.3 is 14.8 Å². The number of hydrogen-bond acceptors (Lipinski definition) is 4. The van der Waals surface area contributed by atoms with Crippen molar-refractivity contribution in [2.24, 2.45) is 0 Å². The Morgan fingerprint density at radius 2 is 2.05 bits per heavy atom. The monoisotopic (exact) mass is 330 g/mol. The van der Waals surface area contributed by atoms with Crippen LogP contribution in [0.5, 0.6) is 0 Å². The standard InChI is InChI=1S/C15H27ClN2O2Si/c1-15(2,3)21(4,5)20-13(11-17-8-9-19)12-6-7-14(16)18-10-12/h6-7,10,13,17,19H,8-9,11H2,1-5H3. The normalized spacial score (nSPS) is 14.2. The fourth-order valence-electron chi connectivity index (χ4n) is 1.65. The molecule has 1 atom stereocenters. The molecule has 1 aromatic rings. The van der Waals surface area contributed by atoms with Gasteiger partial charge in [-0.1, -0.05) is 38.4 Å². The third kappa shape index (κ3) is 5.68. The van der Waals surface area contributed by atoms with E-state index < -0.39 is 8.32 Å². The van der Waals surface area contributed by atoms with Crippen LogP contribution in [0.25, 0.3) is 0 Å². The average molecular weight is 331 g/mol. The third-order valence-electron chi connectivity index (χ3n) is 3.98. The molecule has 120 valence electrons. The smallest absolute Gasteiger partial charge is 0.192 e. The molecule has 0 radical (unpaired) electrons. The first-order chi connectivity index (χ1) is 9.67. The van der Waals surface area contributed by atoms with Gasteiger partial charge in [0.2, 0.25) is 0 Å². The Kier molecular flexibility index (Phi) is 6.81. The average Bonchev–Trinajstić information content (AvgIpc) is 2.37. The van der Waals surface area contributed by atoms with Crippen molar-refractivity contribution in [3.63, 3.8) is 0 Å². The van der Waals surface area contributed by atoms with E-state index in [4.69, 9.17) is 21.1 Å². The van der Waals surface area contributed by atoms with Crippen molar-refractivity contribution in [2.45, 2.75) is 45.0 Å². The number of aromatic nitrogens is 1. The second-order valence-corrected chi connectivity index (χ2v) is 11.9. The molecule has 1 rings (SSSR count). The highest BCUT2D eigenvalue weighted by atomic mass is 35.5. The van der Waals surface area contributed by atoms with Crippen molar-refractivity contribution in [1.82, 2.24) is 10.3 Å². The molecule has 0 bridgehead atoms. The number of aliphatic hydroxyl groups is 1. The second-order valence-electron chi connectivity index (χ2n) is 6.71. The lowest BCUT2D eigenvalue weighted by Gasteiger charge is -2.39. The van der Waals surface area contributed by atoms with Crippen LogP contribution >= 0.6 is 11.6 Å². The number of halogens is 1. The van der Waals surface area contributed by atoms with Gasteiger partial charge in [0, 0.05) is 19.3 Å². The molecule has 2 N–H and O–H groups in total. The van der Waals surface area contributed by atoms with E-state index in [1.54, 1.807) is 12.3 Å². The first-order valence-electron chi connectivity index (χ1n) is 7.28. The van der Waals surface area contributed by atoms with Gasteiger partial charge >= 0.3 is 0 Å². The molecule has 4 nitrogen and oxygen atoms in total. The number of pyridine rings is 1. The van der Waals surface area contributed by atoms with Crippen molar-refractivity contribution < 1.29 is 9.53 Å². The molecule has 0 aliphatic heterocycles. The lowest BCUT2D eigenvalue weighted by Crippen LogP contribution is -2.43. The summed E-state index contributed by atoms with van der Waals surface area (Å²) < 4.78 is 6.49. The topological polar surface area (TPSA) is 54.4 Å². The van der Waals surface area contributed by atoms with E-state index in [2.05, 4.69) is 44.2 Å². The van der Waals surface area contributed by atoms with Crippen LogP contribution in [0.2, 0.25) is 23.3 Å². The van der Waals surface area contributed by atoms with E-state index in [0.717, 1.165) is 5.56 Å². The Labute approximate surface area is 134 Å². The van der Waals surface area contributed by atoms with Gasteiger partial charge in [-0.3, -0.25) is 0 Å². The summed E-state index contributed by atoms with van der Waals surface area (Å²) in [5.41, 5.74) is 1.01. The molecule has 0 amide bonds. The van der Waals surface area contributed by atoms with Crippen molar-refractivity contribution in [1.29, 1.82) is 0 Å². The minimum atomic E-state index is -1.89. The van der Waals surface area contributed by atoms with Crippen LogP contribution < -0.4 is 5.32 Å². The van der Waals surface area contributed by atoms with Crippen LogP contribution in [0, 0.1) is 0 Å². The molecular formula is C15H27ClN2O2Si. The minimum absolute atomic E-state index is 0.0813. The van der Waals surface area contributed by atoms with Crippen LogP contribution in [0.4, 0.5) is 0 Å². The number of nitrogens with zero attached hydrogens (tertiary/aromatic N) is 1. The van der Waals surface area contributed by atoms with E-state index in [0.29, 0.717) is 18.2 Å². The molecule has 0 aliphatic rings. The highest BCUT2D eigenvalue weighted by molar-refractivity contribution is 6.74. The number of aliphatic hydroxyl groups excluding tert-OH is 1. The van der Waals surface area contributed by atoms with Gasteiger partial charge in [0.05, 0.1) is 12.7 Å². The Hall–Kier alpha value is -0.463. The quantitative estimate of drug-likeness (QED) is 0.457. The summed E-state index contributed by atoms with van der Waals surface area (Å²) >= 11 is 5.86. The predicted molar refractivity (Wildman–Crippen MR) is 90.2 cm³/mol. The van der Waals surface area contributed by atoms with Crippen molar-refractivity contribution in [3.05, 3.63) is 29.0 Å².